The topological polar surface area (TPSA) is 23.8 Å². The van der Waals surface area contributed by atoms with Crippen molar-refractivity contribution >= 4 is 0 Å². The number of rotatable bonds is 1. The van der Waals surface area contributed by atoms with E-state index in [9.17, 15) is 4.39 Å². The van der Waals surface area contributed by atoms with E-state index in [4.69, 9.17) is 5.26 Å². The summed E-state index contributed by atoms with van der Waals surface area (Å²) in [6.07, 6.45) is 3.52. The molecule has 0 atom stereocenters. The van der Waals surface area contributed by atoms with Gasteiger partial charge in [-0.05, 0) is 45.4 Å². The molecule has 0 heterocycles. The Bertz CT molecular complexity index is 179. The van der Waals surface area contributed by atoms with Crippen LogP contribution in [-0.4, -0.2) is 5.67 Å². The van der Waals surface area contributed by atoms with Crippen molar-refractivity contribution in [2.24, 2.45) is 11.8 Å². The molecule has 2 heteroatoms. The average Bonchev–Trinajstić information content (AvgIpc) is 2.03. The summed E-state index contributed by atoms with van der Waals surface area (Å²) in [5.74, 6) is 0.352. The largest absolute Gasteiger partial charge is 0.244 e. The van der Waals surface area contributed by atoms with Gasteiger partial charge < -0.3 is 0 Å². The highest BCUT2D eigenvalue weighted by molar-refractivity contribution is 4.90. The molecule has 1 nitrogen and oxygen atoms in total. The van der Waals surface area contributed by atoms with Crippen LogP contribution in [0.5, 0.6) is 0 Å². The van der Waals surface area contributed by atoms with Gasteiger partial charge in [0.1, 0.15) is 5.67 Å². The van der Waals surface area contributed by atoms with E-state index in [-0.39, 0.29) is 11.8 Å². The Morgan fingerprint density at radius 1 is 1.25 bits per heavy atom. The first-order chi connectivity index (χ1) is 5.54. The zero-order valence-electron chi connectivity index (χ0n) is 7.81. The molecule has 1 saturated carbocycles. The normalized spacial score (nSPS) is 31.2. The van der Waals surface area contributed by atoms with Gasteiger partial charge in [0.05, 0.1) is 6.07 Å². The predicted octanol–water partition coefficient (Wildman–Crippen LogP) is 3.06. The van der Waals surface area contributed by atoms with E-state index in [1.165, 1.54) is 0 Å². The zero-order chi connectivity index (χ0) is 9.19. The fourth-order valence-electron chi connectivity index (χ4n) is 1.91. The maximum absolute atomic E-state index is 13.4. The highest BCUT2D eigenvalue weighted by Crippen LogP contribution is 2.36. The molecule has 0 aromatic carbocycles. The first kappa shape index (κ1) is 9.51. The van der Waals surface area contributed by atoms with Crippen LogP contribution in [0, 0.1) is 23.2 Å². The van der Waals surface area contributed by atoms with E-state index in [2.05, 4.69) is 6.07 Å². The van der Waals surface area contributed by atoms with Gasteiger partial charge >= 0.3 is 0 Å². The Morgan fingerprint density at radius 3 is 2.08 bits per heavy atom. The van der Waals surface area contributed by atoms with Crippen LogP contribution >= 0.6 is 0 Å². The number of nitrogens with zero attached hydrogens (tertiary/aromatic N) is 1. The molecule has 1 fully saturated rings. The Labute approximate surface area is 73.6 Å². The second-order valence-corrected chi connectivity index (χ2v) is 4.24. The third-order valence-corrected chi connectivity index (χ3v) is 2.88. The Morgan fingerprint density at radius 2 is 1.75 bits per heavy atom. The molecule has 0 spiro atoms. The lowest BCUT2D eigenvalue weighted by Crippen LogP contribution is -2.29. The monoisotopic (exact) mass is 169 g/mol. The quantitative estimate of drug-likeness (QED) is 0.591. The Hall–Kier alpha value is -0.580. The van der Waals surface area contributed by atoms with Gasteiger partial charge in [-0.3, -0.25) is 0 Å². The minimum absolute atomic E-state index is 0.169. The SMILES string of the molecule is CC(C)(F)C1CCC(C#N)CC1. The fourth-order valence-corrected chi connectivity index (χ4v) is 1.91. The van der Waals surface area contributed by atoms with E-state index in [1.54, 1.807) is 13.8 Å². The fraction of sp³-hybridized carbons (Fsp3) is 0.900. The number of hydrogen-bond acceptors (Lipinski definition) is 1. The smallest absolute Gasteiger partial charge is 0.108 e. The summed E-state index contributed by atoms with van der Waals surface area (Å²) in [5, 5.41) is 8.64. The molecule has 0 unspecified atom stereocenters. The third kappa shape index (κ3) is 2.20. The summed E-state index contributed by atoms with van der Waals surface area (Å²) in [6, 6.07) is 2.25. The summed E-state index contributed by atoms with van der Waals surface area (Å²) < 4.78 is 13.4. The van der Waals surface area contributed by atoms with Gasteiger partial charge in [0.2, 0.25) is 0 Å². The van der Waals surface area contributed by atoms with Crippen LogP contribution in [0.4, 0.5) is 4.39 Å². The third-order valence-electron chi connectivity index (χ3n) is 2.88. The van der Waals surface area contributed by atoms with Gasteiger partial charge in [-0.1, -0.05) is 0 Å². The van der Waals surface area contributed by atoms with Crippen molar-refractivity contribution in [1.29, 1.82) is 5.26 Å². The van der Waals surface area contributed by atoms with E-state index in [1.807, 2.05) is 0 Å². The molecule has 12 heavy (non-hydrogen) atoms. The predicted molar refractivity (Wildman–Crippen MR) is 46.2 cm³/mol. The Balaban J connectivity index is 2.42. The van der Waals surface area contributed by atoms with Gasteiger partial charge in [0, 0.05) is 5.92 Å². The molecular weight excluding hydrogens is 153 g/mol. The number of nitriles is 1. The molecule has 0 N–H and O–H groups in total. The van der Waals surface area contributed by atoms with E-state index in [0.717, 1.165) is 25.7 Å². The molecule has 0 aromatic rings. The average molecular weight is 169 g/mol. The lowest BCUT2D eigenvalue weighted by Gasteiger charge is -2.31. The van der Waals surface area contributed by atoms with Crippen molar-refractivity contribution in [3.05, 3.63) is 0 Å². The van der Waals surface area contributed by atoms with Crippen LogP contribution in [0.15, 0.2) is 0 Å². The molecular formula is C10H16FN. The summed E-state index contributed by atoms with van der Waals surface area (Å²) in [7, 11) is 0. The number of alkyl halides is 1. The first-order valence-electron chi connectivity index (χ1n) is 4.62. The van der Waals surface area contributed by atoms with E-state index in [0.29, 0.717) is 0 Å². The summed E-state index contributed by atoms with van der Waals surface area (Å²) in [5.41, 5.74) is -1.06. The molecule has 0 radical (unpaired) electrons. The van der Waals surface area contributed by atoms with Crippen LogP contribution in [0.2, 0.25) is 0 Å². The molecule has 0 saturated heterocycles. The minimum atomic E-state index is -1.06. The molecule has 0 bridgehead atoms. The van der Waals surface area contributed by atoms with Gasteiger partial charge in [-0.25, -0.2) is 4.39 Å². The molecule has 1 rings (SSSR count). The van der Waals surface area contributed by atoms with Crippen molar-refractivity contribution in [3.63, 3.8) is 0 Å². The highest BCUT2D eigenvalue weighted by atomic mass is 19.1. The van der Waals surface area contributed by atoms with E-state index < -0.39 is 5.67 Å². The molecule has 0 aliphatic heterocycles. The summed E-state index contributed by atoms with van der Waals surface area (Å²) in [6.45, 7) is 3.29. The lowest BCUT2D eigenvalue weighted by atomic mass is 9.76. The molecule has 0 amide bonds. The summed E-state index contributed by atoms with van der Waals surface area (Å²) >= 11 is 0. The lowest BCUT2D eigenvalue weighted by molar-refractivity contribution is 0.0870. The second-order valence-electron chi connectivity index (χ2n) is 4.24. The zero-order valence-corrected chi connectivity index (χ0v) is 7.81. The van der Waals surface area contributed by atoms with Crippen molar-refractivity contribution in [3.8, 4) is 6.07 Å². The van der Waals surface area contributed by atoms with Crippen LogP contribution in [0.25, 0.3) is 0 Å². The first-order valence-corrected chi connectivity index (χ1v) is 4.62. The maximum atomic E-state index is 13.4. The van der Waals surface area contributed by atoms with Crippen LogP contribution in [0.3, 0.4) is 0 Å². The number of hydrogen-bond donors (Lipinski definition) is 0. The Kier molecular flexibility index (Phi) is 2.72. The van der Waals surface area contributed by atoms with Crippen molar-refractivity contribution in [2.45, 2.75) is 45.2 Å². The van der Waals surface area contributed by atoms with Gasteiger partial charge in [0.15, 0.2) is 0 Å². The van der Waals surface area contributed by atoms with Crippen molar-refractivity contribution in [1.82, 2.24) is 0 Å². The van der Waals surface area contributed by atoms with Crippen LogP contribution in [0.1, 0.15) is 39.5 Å². The minimum Gasteiger partial charge on any atom is -0.244 e. The molecule has 1 aliphatic carbocycles. The summed E-state index contributed by atoms with van der Waals surface area (Å²) in [4.78, 5) is 0. The van der Waals surface area contributed by atoms with E-state index >= 15 is 0 Å². The maximum Gasteiger partial charge on any atom is 0.108 e. The molecule has 1 aliphatic rings. The number of halogens is 1. The molecule has 68 valence electrons. The molecule has 0 aromatic heterocycles. The van der Waals surface area contributed by atoms with Crippen molar-refractivity contribution in [2.75, 3.05) is 0 Å². The highest BCUT2D eigenvalue weighted by Gasteiger charge is 2.32. The van der Waals surface area contributed by atoms with Gasteiger partial charge in [0.25, 0.3) is 0 Å². The van der Waals surface area contributed by atoms with Crippen LogP contribution < -0.4 is 0 Å². The van der Waals surface area contributed by atoms with Gasteiger partial charge in [-0.2, -0.15) is 5.26 Å². The standard InChI is InChI=1S/C10H16FN/c1-10(2,11)9-5-3-8(7-12)4-6-9/h8-9H,3-6H2,1-2H3. The van der Waals surface area contributed by atoms with Gasteiger partial charge in [-0.15, -0.1) is 0 Å². The van der Waals surface area contributed by atoms with Crippen molar-refractivity contribution < 1.29 is 4.39 Å². The second kappa shape index (κ2) is 3.43. The van der Waals surface area contributed by atoms with Crippen LogP contribution in [-0.2, 0) is 0 Å².